The first-order chi connectivity index (χ1) is 4.74. The zero-order valence-corrected chi connectivity index (χ0v) is 6.74. The minimum absolute atomic E-state index is 0.669. The summed E-state index contributed by atoms with van der Waals surface area (Å²) in [6.07, 6.45) is 1.78. The SMILES string of the molecule is CNc1ncc(C)cc1Cl. The smallest absolute Gasteiger partial charge is 0.144 e. The summed E-state index contributed by atoms with van der Waals surface area (Å²) in [6, 6.07) is 1.88. The van der Waals surface area contributed by atoms with Gasteiger partial charge in [-0.1, -0.05) is 11.6 Å². The highest BCUT2D eigenvalue weighted by atomic mass is 35.5. The maximum atomic E-state index is 5.80. The quantitative estimate of drug-likeness (QED) is 0.674. The van der Waals surface area contributed by atoms with E-state index in [-0.39, 0.29) is 0 Å². The van der Waals surface area contributed by atoms with Crippen LogP contribution >= 0.6 is 11.6 Å². The van der Waals surface area contributed by atoms with E-state index in [1.165, 1.54) is 0 Å². The number of rotatable bonds is 1. The van der Waals surface area contributed by atoms with Gasteiger partial charge in [0.1, 0.15) is 5.82 Å². The summed E-state index contributed by atoms with van der Waals surface area (Å²) >= 11 is 5.80. The number of aromatic nitrogens is 1. The molecule has 0 bridgehead atoms. The van der Waals surface area contributed by atoms with Crippen molar-refractivity contribution in [1.82, 2.24) is 4.98 Å². The lowest BCUT2D eigenvalue weighted by atomic mass is 10.3. The van der Waals surface area contributed by atoms with E-state index in [2.05, 4.69) is 10.3 Å². The molecule has 54 valence electrons. The molecule has 0 spiro atoms. The first-order valence-electron chi connectivity index (χ1n) is 3.04. The molecular weight excluding hydrogens is 148 g/mol. The van der Waals surface area contributed by atoms with E-state index >= 15 is 0 Å². The van der Waals surface area contributed by atoms with E-state index in [0.717, 1.165) is 11.4 Å². The second-order valence-corrected chi connectivity index (χ2v) is 2.50. The Kier molecular flexibility index (Phi) is 2.12. The van der Waals surface area contributed by atoms with Crippen molar-refractivity contribution in [2.75, 3.05) is 12.4 Å². The maximum Gasteiger partial charge on any atom is 0.144 e. The second kappa shape index (κ2) is 2.88. The molecule has 0 aliphatic heterocycles. The third-order valence-corrected chi connectivity index (χ3v) is 1.50. The number of nitrogens with one attached hydrogen (secondary N) is 1. The molecular formula is C7H9ClN2. The topological polar surface area (TPSA) is 24.9 Å². The van der Waals surface area contributed by atoms with Crippen molar-refractivity contribution in [1.29, 1.82) is 0 Å². The van der Waals surface area contributed by atoms with Crippen LogP contribution in [-0.2, 0) is 0 Å². The van der Waals surface area contributed by atoms with Gasteiger partial charge in [0, 0.05) is 13.2 Å². The van der Waals surface area contributed by atoms with Gasteiger partial charge in [-0.25, -0.2) is 4.98 Å². The van der Waals surface area contributed by atoms with Crippen LogP contribution in [0.15, 0.2) is 12.3 Å². The van der Waals surface area contributed by atoms with Crippen molar-refractivity contribution in [3.63, 3.8) is 0 Å². The third kappa shape index (κ3) is 1.39. The fraction of sp³-hybridized carbons (Fsp3) is 0.286. The Labute approximate surface area is 65.2 Å². The first-order valence-corrected chi connectivity index (χ1v) is 3.41. The molecule has 1 aromatic rings. The van der Waals surface area contributed by atoms with Crippen LogP contribution in [0.2, 0.25) is 5.02 Å². The summed E-state index contributed by atoms with van der Waals surface area (Å²) < 4.78 is 0. The number of hydrogen-bond acceptors (Lipinski definition) is 2. The van der Waals surface area contributed by atoms with Crippen molar-refractivity contribution < 1.29 is 0 Å². The van der Waals surface area contributed by atoms with Crippen molar-refractivity contribution in [3.8, 4) is 0 Å². The van der Waals surface area contributed by atoms with Gasteiger partial charge in [0.2, 0.25) is 0 Å². The van der Waals surface area contributed by atoms with Crippen LogP contribution in [0.4, 0.5) is 5.82 Å². The molecule has 10 heavy (non-hydrogen) atoms. The number of aryl methyl sites for hydroxylation is 1. The molecule has 1 heterocycles. The average Bonchev–Trinajstić information content (AvgIpc) is 1.88. The number of hydrogen-bond donors (Lipinski definition) is 1. The fourth-order valence-electron chi connectivity index (χ4n) is 0.718. The molecule has 3 heteroatoms. The highest BCUT2D eigenvalue weighted by molar-refractivity contribution is 6.32. The Bertz CT molecular complexity index is 235. The fourth-order valence-corrected chi connectivity index (χ4v) is 1.03. The summed E-state index contributed by atoms with van der Waals surface area (Å²) in [7, 11) is 1.80. The van der Waals surface area contributed by atoms with Crippen molar-refractivity contribution in [2.45, 2.75) is 6.92 Å². The Morgan fingerprint density at radius 1 is 1.60 bits per heavy atom. The summed E-state index contributed by atoms with van der Waals surface area (Å²) in [5.74, 6) is 0.729. The van der Waals surface area contributed by atoms with E-state index in [1.54, 1.807) is 13.2 Å². The molecule has 0 saturated heterocycles. The minimum Gasteiger partial charge on any atom is -0.372 e. The van der Waals surface area contributed by atoms with Gasteiger partial charge in [-0.15, -0.1) is 0 Å². The molecule has 0 aliphatic rings. The predicted octanol–water partition coefficient (Wildman–Crippen LogP) is 2.09. The highest BCUT2D eigenvalue weighted by Crippen LogP contribution is 2.18. The van der Waals surface area contributed by atoms with E-state index < -0.39 is 0 Å². The molecule has 0 saturated carbocycles. The Balaban J connectivity index is 3.07. The van der Waals surface area contributed by atoms with Crippen LogP contribution in [-0.4, -0.2) is 12.0 Å². The summed E-state index contributed by atoms with van der Waals surface area (Å²) in [4.78, 5) is 4.05. The highest BCUT2D eigenvalue weighted by Gasteiger charge is 1.96. The summed E-state index contributed by atoms with van der Waals surface area (Å²) in [5.41, 5.74) is 1.07. The number of anilines is 1. The maximum absolute atomic E-state index is 5.80. The number of halogens is 1. The summed E-state index contributed by atoms with van der Waals surface area (Å²) in [5, 5.41) is 3.55. The molecule has 0 atom stereocenters. The van der Waals surface area contributed by atoms with Gasteiger partial charge in [0.25, 0.3) is 0 Å². The van der Waals surface area contributed by atoms with Gasteiger partial charge in [0.05, 0.1) is 5.02 Å². The number of nitrogens with zero attached hydrogens (tertiary/aromatic N) is 1. The molecule has 0 aliphatic carbocycles. The lowest BCUT2D eigenvalue weighted by Gasteiger charge is -2.00. The monoisotopic (exact) mass is 156 g/mol. The molecule has 2 nitrogen and oxygen atoms in total. The van der Waals surface area contributed by atoms with Gasteiger partial charge < -0.3 is 5.32 Å². The third-order valence-electron chi connectivity index (χ3n) is 1.21. The van der Waals surface area contributed by atoms with Gasteiger partial charge in [-0.05, 0) is 18.6 Å². The van der Waals surface area contributed by atoms with Gasteiger partial charge in [-0.2, -0.15) is 0 Å². The van der Waals surface area contributed by atoms with Crippen molar-refractivity contribution in [3.05, 3.63) is 22.8 Å². The van der Waals surface area contributed by atoms with Gasteiger partial charge in [0.15, 0.2) is 0 Å². The van der Waals surface area contributed by atoms with Crippen LogP contribution in [0.5, 0.6) is 0 Å². The largest absolute Gasteiger partial charge is 0.372 e. The zero-order valence-electron chi connectivity index (χ0n) is 5.98. The average molecular weight is 157 g/mol. The predicted molar refractivity (Wildman–Crippen MR) is 43.5 cm³/mol. The van der Waals surface area contributed by atoms with E-state index in [1.807, 2.05) is 13.0 Å². The Morgan fingerprint density at radius 3 is 2.80 bits per heavy atom. The van der Waals surface area contributed by atoms with E-state index in [9.17, 15) is 0 Å². The molecule has 0 amide bonds. The van der Waals surface area contributed by atoms with Crippen molar-refractivity contribution >= 4 is 17.4 Å². The Morgan fingerprint density at radius 2 is 2.30 bits per heavy atom. The zero-order chi connectivity index (χ0) is 7.56. The van der Waals surface area contributed by atoms with Crippen molar-refractivity contribution in [2.24, 2.45) is 0 Å². The second-order valence-electron chi connectivity index (χ2n) is 2.09. The standard InChI is InChI=1S/C7H9ClN2/c1-5-3-6(8)7(9-2)10-4-5/h3-4H,1-2H3,(H,9,10). The van der Waals surface area contributed by atoms with Gasteiger partial charge in [-0.3, -0.25) is 0 Å². The van der Waals surface area contributed by atoms with Crippen LogP contribution in [0.25, 0.3) is 0 Å². The lowest BCUT2D eigenvalue weighted by molar-refractivity contribution is 1.24. The molecule has 1 rings (SSSR count). The molecule has 0 fully saturated rings. The van der Waals surface area contributed by atoms with E-state index in [0.29, 0.717) is 5.02 Å². The molecule has 0 radical (unpaired) electrons. The number of pyridine rings is 1. The lowest BCUT2D eigenvalue weighted by Crippen LogP contribution is -1.92. The first kappa shape index (κ1) is 7.35. The Hall–Kier alpha value is -0.760. The molecule has 0 aromatic carbocycles. The molecule has 1 aromatic heterocycles. The van der Waals surface area contributed by atoms with E-state index in [4.69, 9.17) is 11.6 Å². The minimum atomic E-state index is 0.669. The van der Waals surface area contributed by atoms with Crippen LogP contribution in [0.1, 0.15) is 5.56 Å². The normalized spacial score (nSPS) is 9.50. The molecule has 0 unspecified atom stereocenters. The molecule has 1 N–H and O–H groups in total. The summed E-state index contributed by atoms with van der Waals surface area (Å²) in [6.45, 7) is 1.96. The van der Waals surface area contributed by atoms with Gasteiger partial charge >= 0.3 is 0 Å². The van der Waals surface area contributed by atoms with Crippen LogP contribution in [0.3, 0.4) is 0 Å². The van der Waals surface area contributed by atoms with Crippen LogP contribution < -0.4 is 5.32 Å². The van der Waals surface area contributed by atoms with Crippen LogP contribution in [0, 0.1) is 6.92 Å².